The zero-order chi connectivity index (χ0) is 17.0. The van der Waals surface area contributed by atoms with E-state index >= 15 is 0 Å². The third-order valence-corrected chi connectivity index (χ3v) is 3.84. The third kappa shape index (κ3) is 4.34. The number of halogens is 1. The van der Waals surface area contributed by atoms with Gasteiger partial charge in [-0.25, -0.2) is 0 Å². The summed E-state index contributed by atoms with van der Waals surface area (Å²) in [7, 11) is 0. The molecule has 0 saturated carbocycles. The molecule has 1 heterocycles. The molecular formula is C19H26ClN3O. The molecule has 0 atom stereocenters. The van der Waals surface area contributed by atoms with Crippen LogP contribution < -0.4 is 5.73 Å². The van der Waals surface area contributed by atoms with Crippen LogP contribution in [0.25, 0.3) is 11.3 Å². The fourth-order valence-electron chi connectivity index (χ4n) is 2.80. The fraction of sp³-hybridized carbons (Fsp3) is 0.368. The van der Waals surface area contributed by atoms with Crippen LogP contribution in [0.3, 0.4) is 0 Å². The van der Waals surface area contributed by atoms with Gasteiger partial charge in [0, 0.05) is 36.0 Å². The maximum atomic E-state index is 13.0. The summed E-state index contributed by atoms with van der Waals surface area (Å²) in [5.74, 6) is 0.0373. The number of hydrogen-bond acceptors (Lipinski definition) is 3. The Hall–Kier alpha value is -1.91. The largest absolute Gasteiger partial charge is 0.334 e. The van der Waals surface area contributed by atoms with Gasteiger partial charge in [0.1, 0.15) is 0 Å². The summed E-state index contributed by atoms with van der Waals surface area (Å²) in [5.41, 5.74) is 8.93. The van der Waals surface area contributed by atoms with Gasteiger partial charge in [0.25, 0.3) is 5.91 Å². The first kappa shape index (κ1) is 20.1. The van der Waals surface area contributed by atoms with E-state index in [2.05, 4.69) is 4.98 Å². The predicted octanol–water partition coefficient (Wildman–Crippen LogP) is 3.89. The van der Waals surface area contributed by atoms with Crippen LogP contribution in [0.15, 0.2) is 42.6 Å². The van der Waals surface area contributed by atoms with Crippen LogP contribution in [0.2, 0.25) is 0 Å². The summed E-state index contributed by atoms with van der Waals surface area (Å²) in [6.07, 6.45) is 1.76. The topological polar surface area (TPSA) is 59.2 Å². The van der Waals surface area contributed by atoms with Crippen molar-refractivity contribution < 1.29 is 4.79 Å². The number of nitrogens with zero attached hydrogens (tertiary/aromatic N) is 2. The molecule has 0 aliphatic rings. The Morgan fingerprint density at radius 3 is 2.21 bits per heavy atom. The van der Waals surface area contributed by atoms with Crippen molar-refractivity contribution in [1.82, 2.24) is 9.88 Å². The molecule has 0 radical (unpaired) electrons. The minimum Gasteiger partial charge on any atom is -0.334 e. The first-order chi connectivity index (χ1) is 11.0. The van der Waals surface area contributed by atoms with Gasteiger partial charge >= 0.3 is 0 Å². The van der Waals surface area contributed by atoms with E-state index in [1.165, 1.54) is 0 Å². The van der Waals surface area contributed by atoms with E-state index in [0.717, 1.165) is 16.8 Å². The van der Waals surface area contributed by atoms with Crippen LogP contribution in [0.4, 0.5) is 0 Å². The number of benzene rings is 1. The Kier molecular flexibility index (Phi) is 7.39. The SMILES string of the molecule is CC(C)N(C(=O)c1ccccc1-c1ccc(CN)cn1)C(C)C.Cl. The molecule has 0 spiro atoms. The van der Waals surface area contributed by atoms with Crippen molar-refractivity contribution in [3.63, 3.8) is 0 Å². The number of amides is 1. The molecule has 4 nitrogen and oxygen atoms in total. The highest BCUT2D eigenvalue weighted by Gasteiger charge is 2.24. The Morgan fingerprint density at radius 1 is 1.08 bits per heavy atom. The molecule has 0 fully saturated rings. The van der Waals surface area contributed by atoms with Gasteiger partial charge in [0.15, 0.2) is 0 Å². The van der Waals surface area contributed by atoms with E-state index < -0.39 is 0 Å². The summed E-state index contributed by atoms with van der Waals surface area (Å²) in [4.78, 5) is 19.4. The second-order valence-corrected chi connectivity index (χ2v) is 6.20. The highest BCUT2D eigenvalue weighted by molar-refractivity contribution is 6.00. The van der Waals surface area contributed by atoms with Crippen molar-refractivity contribution in [3.05, 3.63) is 53.7 Å². The Morgan fingerprint density at radius 2 is 1.71 bits per heavy atom. The maximum Gasteiger partial charge on any atom is 0.255 e. The Balaban J connectivity index is 0.00000288. The van der Waals surface area contributed by atoms with Crippen LogP contribution in [0.5, 0.6) is 0 Å². The van der Waals surface area contributed by atoms with Crippen molar-refractivity contribution in [1.29, 1.82) is 0 Å². The summed E-state index contributed by atoms with van der Waals surface area (Å²) >= 11 is 0. The molecule has 1 amide bonds. The van der Waals surface area contributed by atoms with E-state index in [1.54, 1.807) is 6.20 Å². The van der Waals surface area contributed by atoms with Crippen LogP contribution in [0, 0.1) is 0 Å². The maximum absolute atomic E-state index is 13.0. The molecule has 0 saturated heterocycles. The summed E-state index contributed by atoms with van der Waals surface area (Å²) < 4.78 is 0. The molecule has 1 aromatic heterocycles. The quantitative estimate of drug-likeness (QED) is 0.892. The van der Waals surface area contributed by atoms with E-state index in [0.29, 0.717) is 12.1 Å². The van der Waals surface area contributed by atoms with Crippen LogP contribution in [-0.4, -0.2) is 27.9 Å². The van der Waals surface area contributed by atoms with Crippen molar-refractivity contribution in [2.45, 2.75) is 46.3 Å². The third-order valence-electron chi connectivity index (χ3n) is 3.84. The van der Waals surface area contributed by atoms with Crippen LogP contribution >= 0.6 is 12.4 Å². The van der Waals surface area contributed by atoms with E-state index in [-0.39, 0.29) is 30.4 Å². The minimum absolute atomic E-state index is 0. The second-order valence-electron chi connectivity index (χ2n) is 6.20. The smallest absolute Gasteiger partial charge is 0.255 e. The highest BCUT2D eigenvalue weighted by atomic mass is 35.5. The van der Waals surface area contributed by atoms with Gasteiger partial charge in [0.2, 0.25) is 0 Å². The lowest BCUT2D eigenvalue weighted by Gasteiger charge is -2.31. The first-order valence-electron chi connectivity index (χ1n) is 8.02. The van der Waals surface area contributed by atoms with Crippen LogP contribution in [-0.2, 0) is 6.54 Å². The highest BCUT2D eigenvalue weighted by Crippen LogP contribution is 2.24. The Labute approximate surface area is 150 Å². The average Bonchev–Trinajstić information content (AvgIpc) is 2.54. The van der Waals surface area contributed by atoms with Gasteiger partial charge < -0.3 is 10.6 Å². The molecule has 24 heavy (non-hydrogen) atoms. The van der Waals surface area contributed by atoms with Crippen molar-refractivity contribution >= 4 is 18.3 Å². The minimum atomic E-state index is 0. The van der Waals surface area contributed by atoms with Gasteiger partial charge in [-0.2, -0.15) is 0 Å². The number of aromatic nitrogens is 1. The monoisotopic (exact) mass is 347 g/mol. The number of carbonyl (C=O) groups is 1. The number of nitrogens with two attached hydrogens (primary N) is 1. The molecule has 2 rings (SSSR count). The van der Waals surface area contributed by atoms with Crippen molar-refractivity contribution in [2.24, 2.45) is 5.73 Å². The van der Waals surface area contributed by atoms with Crippen molar-refractivity contribution in [2.75, 3.05) is 0 Å². The molecule has 2 N–H and O–H groups in total. The van der Waals surface area contributed by atoms with Gasteiger partial charge in [-0.3, -0.25) is 9.78 Å². The predicted molar refractivity (Wildman–Crippen MR) is 101 cm³/mol. The molecule has 0 bridgehead atoms. The van der Waals surface area contributed by atoms with Crippen molar-refractivity contribution in [3.8, 4) is 11.3 Å². The lowest BCUT2D eigenvalue weighted by molar-refractivity contribution is 0.0644. The number of pyridine rings is 1. The number of hydrogen-bond donors (Lipinski definition) is 1. The van der Waals surface area contributed by atoms with Gasteiger partial charge in [-0.15, -0.1) is 12.4 Å². The van der Waals surface area contributed by atoms with E-state index in [9.17, 15) is 4.79 Å². The normalized spacial score (nSPS) is 10.6. The fourth-order valence-corrected chi connectivity index (χ4v) is 2.80. The lowest BCUT2D eigenvalue weighted by atomic mass is 10.0. The van der Waals surface area contributed by atoms with Crippen LogP contribution in [0.1, 0.15) is 43.6 Å². The lowest BCUT2D eigenvalue weighted by Crippen LogP contribution is -2.42. The van der Waals surface area contributed by atoms with Gasteiger partial charge in [0.05, 0.1) is 5.69 Å². The van der Waals surface area contributed by atoms with E-state index in [1.807, 2.05) is 69.0 Å². The standard InChI is InChI=1S/C19H25N3O.ClH/c1-13(2)22(14(3)4)19(23)17-8-6-5-7-16(17)18-10-9-15(11-20)12-21-18;/h5-10,12-14H,11,20H2,1-4H3;1H. The zero-order valence-corrected chi connectivity index (χ0v) is 15.5. The summed E-state index contributed by atoms with van der Waals surface area (Å²) in [6, 6.07) is 11.8. The zero-order valence-electron chi connectivity index (χ0n) is 14.7. The molecule has 2 aromatic rings. The second kappa shape index (κ2) is 8.81. The summed E-state index contributed by atoms with van der Waals surface area (Å²) in [5, 5.41) is 0. The molecule has 0 aliphatic heterocycles. The number of carbonyl (C=O) groups excluding carboxylic acids is 1. The molecule has 1 aromatic carbocycles. The van der Waals surface area contributed by atoms with E-state index in [4.69, 9.17) is 5.73 Å². The molecule has 130 valence electrons. The molecule has 5 heteroatoms. The summed E-state index contributed by atoms with van der Waals surface area (Å²) in [6.45, 7) is 8.61. The average molecular weight is 348 g/mol. The molecular weight excluding hydrogens is 322 g/mol. The Bertz CT molecular complexity index is 661. The van der Waals surface area contributed by atoms with Gasteiger partial charge in [-0.1, -0.05) is 24.3 Å². The number of rotatable bonds is 5. The first-order valence-corrected chi connectivity index (χ1v) is 8.02. The van der Waals surface area contributed by atoms with Gasteiger partial charge in [-0.05, 0) is 45.4 Å². The molecule has 0 unspecified atom stereocenters. The molecule has 0 aliphatic carbocycles.